The molecule has 20 nitrogen and oxygen atoms in total. The quantitative estimate of drug-likeness (QED) is 0.0815. The highest BCUT2D eigenvalue weighted by molar-refractivity contribution is 7.98. The summed E-state index contributed by atoms with van der Waals surface area (Å²) in [6.07, 6.45) is 18.0. The highest BCUT2D eigenvalue weighted by Crippen LogP contribution is 2.30. The normalized spacial score (nSPS) is 10.2. The topological polar surface area (TPSA) is 264 Å². The summed E-state index contributed by atoms with van der Waals surface area (Å²) in [6, 6.07) is 48.2. The van der Waals surface area contributed by atoms with Crippen LogP contribution in [0.1, 0.15) is 120 Å². The fourth-order valence-electron chi connectivity index (χ4n) is 12.0. The number of carboxylic acid groups (broad SMARTS) is 1. The number of thiazole rings is 6. The van der Waals surface area contributed by atoms with Gasteiger partial charge in [0.15, 0.2) is 23.3 Å². The number of thioether (sulfide) groups is 1. The van der Waals surface area contributed by atoms with E-state index in [9.17, 15) is 17.6 Å². The first-order valence-corrected chi connectivity index (χ1v) is 48.4. The second kappa shape index (κ2) is 49.0. The molecule has 0 saturated carbocycles. The molecule has 5 aromatic carbocycles. The number of halogens is 5. The number of carboxylic acids is 1. The van der Waals surface area contributed by atoms with Gasteiger partial charge < -0.3 is 9.90 Å². The largest absolute Gasteiger partial charge is 0.542 e. The number of benzene rings is 5. The van der Waals surface area contributed by atoms with Crippen LogP contribution in [0.2, 0.25) is 5.02 Å². The number of aliphatic carboxylic acids is 1. The minimum atomic E-state index is -5.19. The Bertz CT molecular complexity index is 7620. The number of pyridine rings is 3. The highest BCUT2D eigenvalue weighted by Gasteiger charge is 2.29. The average Bonchev–Trinajstić information content (AvgIpc) is 1.69. The van der Waals surface area contributed by atoms with Crippen LogP contribution in [0.25, 0.3) is 73.7 Å². The third-order valence-electron chi connectivity index (χ3n) is 18.9. The van der Waals surface area contributed by atoms with Crippen molar-refractivity contribution in [3.8, 4) is 134 Å². The van der Waals surface area contributed by atoms with Gasteiger partial charge in [-0.05, 0) is 206 Å². The van der Waals surface area contributed by atoms with Crippen molar-refractivity contribution in [2.24, 2.45) is 0 Å². The zero-order valence-electron chi connectivity index (χ0n) is 75.4. The Morgan fingerprint density at radius 3 is 1.12 bits per heavy atom. The van der Waals surface area contributed by atoms with E-state index in [0.717, 1.165) is 177 Å². The number of carbonyl (C=O) groups is 1. The Kier molecular flexibility index (Phi) is 35.5. The molecule has 19 aromatic rings. The Morgan fingerprint density at radius 2 is 0.725 bits per heavy atom. The second-order valence-corrected chi connectivity index (χ2v) is 36.7. The molecule has 14 aromatic heterocycles. The van der Waals surface area contributed by atoms with Crippen molar-refractivity contribution < 1.29 is 27.5 Å². The molecule has 138 heavy (non-hydrogen) atoms. The number of alkyl halides is 3. The Labute approximate surface area is 827 Å². The van der Waals surface area contributed by atoms with Crippen molar-refractivity contribution in [3.05, 3.63) is 389 Å². The maximum atomic E-state index is 13.4. The van der Waals surface area contributed by atoms with Gasteiger partial charge in [-0.1, -0.05) is 126 Å². The second-order valence-electron chi connectivity index (χ2n) is 29.1. The lowest BCUT2D eigenvalue weighted by molar-refractivity contribution is -0.344. The molecular formula is C106H76ClF4N18O2S7-. The van der Waals surface area contributed by atoms with E-state index in [1.165, 1.54) is 28.2 Å². The number of carbonyl (C=O) groups excluding carboxylic acids is 1. The lowest BCUT2D eigenvalue weighted by Crippen LogP contribution is -2.37. The molecule has 0 aliphatic rings. The Morgan fingerprint density at radius 1 is 0.362 bits per heavy atom. The lowest BCUT2D eigenvalue weighted by atomic mass is 10.0. The van der Waals surface area contributed by atoms with Crippen LogP contribution in [-0.4, -0.2) is 108 Å². The summed E-state index contributed by atoms with van der Waals surface area (Å²) in [4.78, 5) is 84.2. The predicted molar refractivity (Wildman–Crippen MR) is 542 cm³/mol. The summed E-state index contributed by atoms with van der Waals surface area (Å²) in [6.45, 7) is 20.0. The van der Waals surface area contributed by atoms with Crippen LogP contribution in [0.15, 0.2) is 263 Å². The third kappa shape index (κ3) is 29.7. The van der Waals surface area contributed by atoms with Crippen molar-refractivity contribution in [1.29, 1.82) is 0 Å². The first kappa shape index (κ1) is 99.8. The monoisotopic (exact) mass is 1970 g/mol. The van der Waals surface area contributed by atoms with Gasteiger partial charge in [-0.15, -0.1) is 79.8 Å². The van der Waals surface area contributed by atoms with E-state index < -0.39 is 12.1 Å². The molecule has 32 heteroatoms. The van der Waals surface area contributed by atoms with Gasteiger partial charge in [-0.3, -0.25) is 9.55 Å². The van der Waals surface area contributed by atoms with Crippen LogP contribution >= 0.6 is 91.4 Å². The van der Waals surface area contributed by atoms with E-state index >= 15 is 0 Å². The minimum Gasteiger partial charge on any atom is -0.542 e. The summed E-state index contributed by atoms with van der Waals surface area (Å²) >= 11 is 17.4. The van der Waals surface area contributed by atoms with E-state index in [2.05, 4.69) is 201 Å². The average molecular weight is 1970 g/mol. The SMILES string of the molecule is CSc1ccccc1-c1ncc(C#Cc2csc(C)n2)cn1.Cc1nc(C#Cc2ccc(-c3cc(F)ccc3C)nc2)cs1.Cc1nc(C#Cc2ccc(-n3ccc4cccnc43)nc2)cs1.Cc1nc(C#Cc2cnc(-c3cccc(C)c3C)nc2)cs1.Cc1nc(C#Cc2cnc(-c3ccccc3C)nc2)cs1.Cc1nc(C#Cc2cnc(-c3ccccc3Cl)nc2)cs1.O=C([O-])C(F)(F)F. The molecule has 0 aliphatic carbocycles. The van der Waals surface area contributed by atoms with Crippen LogP contribution in [0.5, 0.6) is 0 Å². The van der Waals surface area contributed by atoms with Gasteiger partial charge >= 0.3 is 6.18 Å². The molecule has 0 fully saturated rings. The first-order chi connectivity index (χ1) is 66.7. The summed E-state index contributed by atoms with van der Waals surface area (Å²) in [5, 5.41) is 28.3. The summed E-state index contributed by atoms with van der Waals surface area (Å²) in [7, 11) is 0. The summed E-state index contributed by atoms with van der Waals surface area (Å²) in [5.41, 5.74) is 20.5. The van der Waals surface area contributed by atoms with E-state index in [1.807, 2.05) is 207 Å². The molecule has 680 valence electrons. The maximum Gasteiger partial charge on any atom is 0.430 e. The fraction of sp³-hybridized carbons (Fsp3) is 0.113. The van der Waals surface area contributed by atoms with Gasteiger partial charge in [0.1, 0.15) is 57.4 Å². The Hall–Kier alpha value is -15.6. The smallest absolute Gasteiger partial charge is 0.430 e. The summed E-state index contributed by atoms with van der Waals surface area (Å²) < 4.78 is 46.9. The van der Waals surface area contributed by atoms with Crippen molar-refractivity contribution in [2.75, 3.05) is 6.26 Å². The van der Waals surface area contributed by atoms with E-state index in [4.69, 9.17) is 21.5 Å². The van der Waals surface area contributed by atoms with Crippen LogP contribution in [-0.2, 0) is 4.79 Å². The Balaban J connectivity index is 0.000000138. The van der Waals surface area contributed by atoms with E-state index in [1.54, 1.807) is 154 Å². The molecule has 0 amide bonds. The van der Waals surface area contributed by atoms with Crippen molar-refractivity contribution >= 4 is 108 Å². The molecule has 0 radical (unpaired) electrons. The molecule has 0 unspecified atom stereocenters. The third-order valence-corrected chi connectivity index (χ3v) is 24.7. The van der Waals surface area contributed by atoms with Gasteiger partial charge in [0.05, 0.1) is 63.0 Å². The van der Waals surface area contributed by atoms with Gasteiger partial charge in [0.2, 0.25) is 0 Å². The molecule has 19 rings (SSSR count). The van der Waals surface area contributed by atoms with Crippen LogP contribution in [0, 0.1) is 146 Å². The van der Waals surface area contributed by atoms with Crippen LogP contribution < -0.4 is 5.11 Å². The number of nitrogens with zero attached hydrogens (tertiary/aromatic N) is 18. The molecule has 14 heterocycles. The van der Waals surface area contributed by atoms with Crippen molar-refractivity contribution in [2.45, 2.75) is 80.3 Å². The zero-order chi connectivity index (χ0) is 97.5. The van der Waals surface area contributed by atoms with Gasteiger partial charge in [0, 0.05) is 156 Å². The van der Waals surface area contributed by atoms with Crippen LogP contribution in [0.4, 0.5) is 17.6 Å². The number of fused-ring (bicyclic) bond motifs is 1. The molecule has 0 bridgehead atoms. The van der Waals surface area contributed by atoms with Gasteiger partial charge in [-0.25, -0.2) is 84.1 Å². The predicted octanol–water partition coefficient (Wildman–Crippen LogP) is 22.8. The number of hydrogen-bond acceptors (Lipinski definition) is 26. The molecule has 0 atom stereocenters. The number of aromatic nitrogens is 18. The highest BCUT2D eigenvalue weighted by atomic mass is 35.5. The van der Waals surface area contributed by atoms with Gasteiger partial charge in [-0.2, -0.15) is 13.2 Å². The maximum absolute atomic E-state index is 13.4. The molecular weight excluding hydrogens is 1890 g/mol. The fourth-order valence-corrected chi connectivity index (χ4v) is 16.1. The van der Waals surface area contributed by atoms with Crippen molar-refractivity contribution in [3.63, 3.8) is 0 Å². The molecule has 0 aliphatic heterocycles. The number of aryl methyl sites for hydroxylation is 9. The van der Waals surface area contributed by atoms with E-state index in [-0.39, 0.29) is 5.82 Å². The molecule has 0 saturated heterocycles. The van der Waals surface area contributed by atoms with Crippen LogP contribution in [0.3, 0.4) is 0 Å². The number of hydrogen-bond donors (Lipinski definition) is 0. The molecule has 0 spiro atoms. The number of rotatable bonds is 7. The zero-order valence-corrected chi connectivity index (χ0v) is 81.9. The van der Waals surface area contributed by atoms with E-state index in [0.29, 0.717) is 10.8 Å². The standard InChI is InChI=1S/C18H13FN2S.C18H12N4S.C18H15N3S.C17H13N3S2.C17H13N3S.C16H10ClN3S.C2HF3O2/c1-12-3-6-15(19)9-17(12)18-8-5-14(10-20-18)4-7-16-11-22-13(2)21-16;1-13-21-16(12-23-13)6-4-14-5-7-17(20-11-14)22-10-8-15-3-2-9-19-18(15)22;1-12-5-4-6-17(13(12)2)18-19-9-15(10-20-18)7-8-16-11-22-14(3)21-16;1-12-20-14(11-22-12)8-7-13-9-18-17(19-10-13)15-5-3-4-6-16(15)21-2;1-12-5-3-4-6-16(12)17-18-9-14(10-19-17)7-8-15-11-21-13(2)20-15;1-11-20-13(10-21-11)7-6-12-8-18-16(19-9-12)14-4-2-3-5-15(14)17;3-2(4,5)1(6)7/h3,5-6,8-11H,1-2H3;2-3,5,7-12H,1H3;4-6,9-11H,1-3H3;3-6,9-11H,1-2H3;3-6,9-11H,1-2H3;2-5,8-10H,1H3;(H,6,7)/p-1. The lowest BCUT2D eigenvalue weighted by Gasteiger charge is -2.06. The summed E-state index contributed by atoms with van der Waals surface area (Å²) in [5.74, 6) is 36.7. The minimum absolute atomic E-state index is 0.259. The van der Waals surface area contributed by atoms with Gasteiger partial charge in [0.25, 0.3) is 0 Å². The molecule has 0 N–H and O–H groups in total. The first-order valence-electron chi connectivity index (χ1n) is 41.5. The van der Waals surface area contributed by atoms with Crippen molar-refractivity contribution in [1.82, 2.24) is 89.3 Å².